The van der Waals surface area contributed by atoms with Crippen molar-refractivity contribution in [2.24, 2.45) is 0 Å². The molecule has 3 aromatic rings. The third-order valence-corrected chi connectivity index (χ3v) is 5.59. The molecule has 1 saturated heterocycles. The number of anilines is 2. The number of amides is 2. The lowest BCUT2D eigenvalue weighted by Crippen LogP contribution is -2.39. The average molecular weight is 418 g/mol. The summed E-state index contributed by atoms with van der Waals surface area (Å²) in [6.45, 7) is 3.20. The highest BCUT2D eigenvalue weighted by atomic mass is 16.5. The Hall–Kier alpha value is -3.68. The van der Waals surface area contributed by atoms with Crippen LogP contribution in [0.3, 0.4) is 0 Å². The van der Waals surface area contributed by atoms with E-state index < -0.39 is 0 Å². The summed E-state index contributed by atoms with van der Waals surface area (Å²) in [5, 5.41) is 4.13. The minimum atomic E-state index is -0.159. The topological polar surface area (TPSA) is 88.8 Å². The molecular formula is C23H22N4O4. The van der Waals surface area contributed by atoms with Crippen LogP contribution in [0.15, 0.2) is 53.1 Å². The molecule has 0 unspecified atom stereocenters. The molecule has 1 fully saturated rings. The van der Waals surface area contributed by atoms with Gasteiger partial charge < -0.3 is 19.1 Å². The van der Waals surface area contributed by atoms with Crippen molar-refractivity contribution in [2.75, 3.05) is 29.5 Å². The van der Waals surface area contributed by atoms with Crippen LogP contribution in [0.2, 0.25) is 0 Å². The van der Waals surface area contributed by atoms with Gasteiger partial charge in [-0.1, -0.05) is 30.3 Å². The molecule has 3 heterocycles. The summed E-state index contributed by atoms with van der Waals surface area (Å²) in [6.07, 6.45) is 1.17. The van der Waals surface area contributed by atoms with E-state index in [9.17, 15) is 9.59 Å². The minimum absolute atomic E-state index is 0.0376. The number of fused-ring (bicyclic) bond motifs is 1. The van der Waals surface area contributed by atoms with Crippen LogP contribution in [0.1, 0.15) is 31.6 Å². The van der Waals surface area contributed by atoms with E-state index in [0.29, 0.717) is 42.7 Å². The second-order valence-electron chi connectivity index (χ2n) is 7.71. The molecule has 2 aromatic carbocycles. The second kappa shape index (κ2) is 7.86. The molecular weight excluding hydrogens is 396 g/mol. The summed E-state index contributed by atoms with van der Waals surface area (Å²) < 4.78 is 11.1. The third kappa shape index (κ3) is 3.54. The number of nitrogens with zero attached hydrogens (tertiary/aromatic N) is 4. The number of carbonyl (C=O) groups is 2. The monoisotopic (exact) mass is 418 g/mol. The predicted molar refractivity (Wildman–Crippen MR) is 114 cm³/mol. The summed E-state index contributed by atoms with van der Waals surface area (Å²) in [5.74, 6) is 1.35. The fraction of sp³-hybridized carbons (Fsp3) is 0.304. The van der Waals surface area contributed by atoms with Gasteiger partial charge in [-0.15, -0.1) is 0 Å². The quantitative estimate of drug-likeness (QED) is 0.631. The first-order valence-electron chi connectivity index (χ1n) is 10.4. The van der Waals surface area contributed by atoms with Gasteiger partial charge in [0.05, 0.1) is 11.6 Å². The van der Waals surface area contributed by atoms with Crippen LogP contribution in [0.4, 0.5) is 11.4 Å². The number of benzene rings is 2. The lowest BCUT2D eigenvalue weighted by molar-refractivity contribution is -0.121. The van der Waals surface area contributed by atoms with Crippen LogP contribution < -0.4 is 14.5 Å². The largest absolute Gasteiger partial charge is 0.482 e. The van der Waals surface area contributed by atoms with Gasteiger partial charge in [0.25, 0.3) is 5.91 Å². The maximum Gasteiger partial charge on any atom is 0.265 e. The van der Waals surface area contributed by atoms with Crippen molar-refractivity contribution in [1.82, 2.24) is 10.1 Å². The number of hydrogen-bond donors (Lipinski definition) is 0. The molecule has 31 heavy (non-hydrogen) atoms. The Kier molecular flexibility index (Phi) is 4.89. The molecule has 0 bridgehead atoms. The zero-order valence-electron chi connectivity index (χ0n) is 17.2. The van der Waals surface area contributed by atoms with Crippen molar-refractivity contribution in [2.45, 2.75) is 25.7 Å². The molecule has 158 valence electrons. The van der Waals surface area contributed by atoms with E-state index in [-0.39, 0.29) is 24.3 Å². The second-order valence-corrected chi connectivity index (χ2v) is 7.71. The van der Waals surface area contributed by atoms with Crippen molar-refractivity contribution >= 4 is 23.2 Å². The van der Waals surface area contributed by atoms with E-state index in [0.717, 1.165) is 17.7 Å². The van der Waals surface area contributed by atoms with E-state index >= 15 is 0 Å². The molecule has 0 aliphatic carbocycles. The van der Waals surface area contributed by atoms with Gasteiger partial charge in [0.2, 0.25) is 17.6 Å². The zero-order valence-corrected chi connectivity index (χ0v) is 17.2. The van der Waals surface area contributed by atoms with Crippen LogP contribution in [-0.4, -0.2) is 41.7 Å². The number of aromatic nitrogens is 2. The van der Waals surface area contributed by atoms with Crippen LogP contribution in [0, 0.1) is 0 Å². The molecule has 1 atom stereocenters. The highest BCUT2D eigenvalue weighted by Crippen LogP contribution is 2.36. The summed E-state index contributed by atoms with van der Waals surface area (Å²) in [6, 6.07) is 15.1. The normalized spacial score (nSPS) is 18.3. The number of para-hydroxylation sites is 1. The van der Waals surface area contributed by atoms with Gasteiger partial charge in [0, 0.05) is 30.8 Å². The van der Waals surface area contributed by atoms with Gasteiger partial charge >= 0.3 is 0 Å². The number of rotatable bonds is 5. The van der Waals surface area contributed by atoms with Crippen LogP contribution in [0.5, 0.6) is 5.75 Å². The number of hydrogen-bond acceptors (Lipinski definition) is 6. The molecule has 2 amide bonds. The van der Waals surface area contributed by atoms with E-state index in [4.69, 9.17) is 9.26 Å². The van der Waals surface area contributed by atoms with Crippen molar-refractivity contribution in [3.8, 4) is 17.1 Å². The molecule has 0 N–H and O–H groups in total. The minimum Gasteiger partial charge on any atom is -0.482 e. The van der Waals surface area contributed by atoms with E-state index in [1.54, 1.807) is 9.80 Å². The fourth-order valence-corrected chi connectivity index (χ4v) is 4.06. The van der Waals surface area contributed by atoms with Crippen LogP contribution in [0.25, 0.3) is 11.4 Å². The van der Waals surface area contributed by atoms with Gasteiger partial charge in [-0.25, -0.2) is 0 Å². The number of carbonyl (C=O) groups excluding carboxylic acids is 2. The highest BCUT2D eigenvalue weighted by molar-refractivity contribution is 5.98. The first kappa shape index (κ1) is 19.3. The molecule has 5 rings (SSSR count). The SMILES string of the molecule is CCCN1C(=O)COc2ccc(-c3noc([C@@H]4CC(=O)N(c5ccccc5)C4)n3)cc21. The maximum absolute atomic E-state index is 12.5. The molecule has 2 aliphatic heterocycles. The van der Waals surface area contributed by atoms with E-state index in [2.05, 4.69) is 10.1 Å². The molecule has 1 aromatic heterocycles. The lowest BCUT2D eigenvalue weighted by atomic mass is 10.1. The van der Waals surface area contributed by atoms with Gasteiger partial charge in [-0.3, -0.25) is 9.59 Å². The zero-order chi connectivity index (χ0) is 21.4. The Bertz CT molecular complexity index is 1130. The third-order valence-electron chi connectivity index (χ3n) is 5.59. The Labute approximate surface area is 179 Å². The van der Waals surface area contributed by atoms with Gasteiger partial charge in [-0.05, 0) is 36.8 Å². The fourth-order valence-electron chi connectivity index (χ4n) is 4.06. The first-order valence-corrected chi connectivity index (χ1v) is 10.4. The standard InChI is InChI=1S/C23H22N4O4/c1-2-10-26-18-11-15(8-9-19(18)30-14-21(26)29)22-24-23(31-25-22)16-12-20(28)27(13-16)17-6-4-3-5-7-17/h3-9,11,16H,2,10,12-14H2,1H3/t16-/m1/s1. The molecule has 0 radical (unpaired) electrons. The van der Waals surface area contributed by atoms with Crippen molar-refractivity contribution in [3.05, 3.63) is 54.4 Å². The van der Waals surface area contributed by atoms with Gasteiger partial charge in [-0.2, -0.15) is 4.98 Å². The van der Waals surface area contributed by atoms with Crippen LogP contribution >= 0.6 is 0 Å². The first-order chi connectivity index (χ1) is 15.1. The van der Waals surface area contributed by atoms with Gasteiger partial charge in [0.1, 0.15) is 5.75 Å². The molecule has 0 spiro atoms. The molecule has 2 aliphatic rings. The lowest BCUT2D eigenvalue weighted by Gasteiger charge is -2.29. The van der Waals surface area contributed by atoms with Gasteiger partial charge in [0.15, 0.2) is 6.61 Å². The Morgan fingerprint density at radius 2 is 1.94 bits per heavy atom. The summed E-state index contributed by atoms with van der Waals surface area (Å²) in [5.41, 5.74) is 2.32. The van der Waals surface area contributed by atoms with Crippen molar-refractivity contribution in [1.29, 1.82) is 0 Å². The smallest absolute Gasteiger partial charge is 0.265 e. The van der Waals surface area contributed by atoms with E-state index in [1.807, 2.05) is 55.5 Å². The molecule has 8 heteroatoms. The van der Waals surface area contributed by atoms with Crippen LogP contribution in [-0.2, 0) is 9.59 Å². The maximum atomic E-state index is 12.5. The predicted octanol–water partition coefficient (Wildman–Crippen LogP) is 3.39. The molecule has 0 saturated carbocycles. The Morgan fingerprint density at radius 3 is 2.74 bits per heavy atom. The van der Waals surface area contributed by atoms with Crippen molar-refractivity contribution < 1.29 is 18.8 Å². The number of ether oxygens (including phenoxy) is 1. The summed E-state index contributed by atoms with van der Waals surface area (Å²) >= 11 is 0. The molecule has 8 nitrogen and oxygen atoms in total. The Morgan fingerprint density at radius 1 is 1.10 bits per heavy atom. The summed E-state index contributed by atoms with van der Waals surface area (Å²) in [4.78, 5) is 32.8. The Balaban J connectivity index is 1.39. The average Bonchev–Trinajstić information content (AvgIpc) is 3.43. The highest BCUT2D eigenvalue weighted by Gasteiger charge is 2.35. The summed E-state index contributed by atoms with van der Waals surface area (Å²) in [7, 11) is 0. The van der Waals surface area contributed by atoms with Crippen molar-refractivity contribution in [3.63, 3.8) is 0 Å². The van der Waals surface area contributed by atoms with E-state index in [1.165, 1.54) is 0 Å².